The highest BCUT2D eigenvalue weighted by atomic mass is 15.0. The summed E-state index contributed by atoms with van der Waals surface area (Å²) in [5, 5.41) is 10.4. The Morgan fingerprint density at radius 3 is 3.00 bits per heavy atom. The number of nitriles is 1. The van der Waals surface area contributed by atoms with E-state index in [0.717, 1.165) is 0 Å². The van der Waals surface area contributed by atoms with Crippen LogP contribution in [-0.4, -0.2) is 18.9 Å². The summed E-state index contributed by atoms with van der Waals surface area (Å²) in [6.45, 7) is 2.81. The molecule has 0 aliphatic rings. The lowest BCUT2D eigenvalue weighted by molar-refractivity contribution is 0.963. The third kappa shape index (κ3) is 4.78. The molecule has 0 saturated carbocycles. The van der Waals surface area contributed by atoms with Gasteiger partial charge in [0.05, 0.1) is 6.54 Å². The van der Waals surface area contributed by atoms with E-state index >= 15 is 0 Å². The maximum absolute atomic E-state index is 8.06. The topological polar surface area (TPSA) is 74.2 Å². The largest absolute Gasteiger partial charge is 0.329 e. The van der Waals surface area contributed by atoms with Crippen LogP contribution in [0.1, 0.15) is 6.92 Å². The summed E-state index contributed by atoms with van der Waals surface area (Å²) < 4.78 is 0. The van der Waals surface area contributed by atoms with Crippen molar-refractivity contribution < 1.29 is 0 Å². The first kappa shape index (κ1) is 7.92. The van der Waals surface area contributed by atoms with Gasteiger partial charge < -0.3 is 5.73 Å². The van der Waals surface area contributed by atoms with E-state index in [1.807, 2.05) is 0 Å². The van der Waals surface area contributed by atoms with Crippen molar-refractivity contribution in [1.29, 1.82) is 5.26 Å². The monoisotopic (exact) mass is 126 g/mol. The van der Waals surface area contributed by atoms with Gasteiger partial charge in [-0.15, -0.1) is 0 Å². The fourth-order valence-corrected chi connectivity index (χ4v) is 0.353. The van der Waals surface area contributed by atoms with Crippen LogP contribution >= 0.6 is 0 Å². The SMILES string of the molecule is CC(=NCCN)NC#N. The Hall–Kier alpha value is -1.08. The molecule has 0 amide bonds. The average Bonchev–Trinajstić information content (AvgIpc) is 1.85. The van der Waals surface area contributed by atoms with E-state index in [9.17, 15) is 0 Å². The van der Waals surface area contributed by atoms with Gasteiger partial charge >= 0.3 is 0 Å². The van der Waals surface area contributed by atoms with Gasteiger partial charge in [-0.3, -0.25) is 10.3 Å². The number of nitrogens with two attached hydrogens (primary N) is 1. The molecule has 9 heavy (non-hydrogen) atoms. The van der Waals surface area contributed by atoms with Crippen LogP contribution in [-0.2, 0) is 0 Å². The van der Waals surface area contributed by atoms with E-state index in [1.165, 1.54) is 0 Å². The second-order valence-electron chi connectivity index (χ2n) is 1.49. The molecule has 3 N–H and O–H groups in total. The molecule has 0 atom stereocenters. The normalized spacial score (nSPS) is 10.6. The van der Waals surface area contributed by atoms with E-state index in [0.29, 0.717) is 18.9 Å². The van der Waals surface area contributed by atoms with Crippen molar-refractivity contribution in [2.24, 2.45) is 10.7 Å². The van der Waals surface area contributed by atoms with Crippen molar-refractivity contribution >= 4 is 5.84 Å². The molecule has 0 aromatic rings. The highest BCUT2D eigenvalue weighted by Crippen LogP contribution is 1.69. The Kier molecular flexibility index (Phi) is 4.46. The first-order valence-electron chi connectivity index (χ1n) is 2.67. The maximum atomic E-state index is 8.06. The molecule has 50 valence electrons. The highest BCUT2D eigenvalue weighted by Gasteiger charge is 1.82. The van der Waals surface area contributed by atoms with Crippen molar-refractivity contribution in [3.05, 3.63) is 0 Å². The number of hydrogen-bond acceptors (Lipinski definition) is 3. The zero-order valence-corrected chi connectivity index (χ0v) is 5.39. The summed E-state index contributed by atoms with van der Waals surface area (Å²) in [7, 11) is 0. The van der Waals surface area contributed by atoms with Crippen LogP contribution in [0.15, 0.2) is 4.99 Å². The first-order chi connectivity index (χ1) is 4.31. The fraction of sp³-hybridized carbons (Fsp3) is 0.600. The van der Waals surface area contributed by atoms with Gasteiger partial charge in [0, 0.05) is 6.54 Å². The summed E-state index contributed by atoms with van der Waals surface area (Å²) in [4.78, 5) is 3.89. The van der Waals surface area contributed by atoms with Crippen LogP contribution < -0.4 is 11.1 Å². The molecule has 0 aliphatic carbocycles. The molecule has 0 fully saturated rings. The van der Waals surface area contributed by atoms with Gasteiger partial charge in [-0.05, 0) is 6.92 Å². The predicted molar refractivity (Wildman–Crippen MR) is 35.8 cm³/mol. The Labute approximate surface area is 54.4 Å². The minimum absolute atomic E-state index is 0.518. The summed E-state index contributed by atoms with van der Waals surface area (Å²) in [5.41, 5.74) is 5.16. The van der Waals surface area contributed by atoms with E-state index in [-0.39, 0.29) is 0 Å². The van der Waals surface area contributed by atoms with Crippen LogP contribution in [0.4, 0.5) is 0 Å². The van der Waals surface area contributed by atoms with Gasteiger partial charge in [-0.25, -0.2) is 0 Å². The second kappa shape index (κ2) is 5.06. The quantitative estimate of drug-likeness (QED) is 0.225. The van der Waals surface area contributed by atoms with Crippen molar-refractivity contribution in [1.82, 2.24) is 5.32 Å². The van der Waals surface area contributed by atoms with Crippen LogP contribution in [0, 0.1) is 11.5 Å². The third-order valence-electron chi connectivity index (χ3n) is 0.715. The molecule has 0 spiro atoms. The van der Waals surface area contributed by atoms with Crippen molar-refractivity contribution in [3.8, 4) is 6.19 Å². The van der Waals surface area contributed by atoms with E-state index in [4.69, 9.17) is 11.0 Å². The number of amidine groups is 1. The maximum Gasteiger partial charge on any atom is 0.182 e. The number of hydrogen-bond donors (Lipinski definition) is 2. The summed E-state index contributed by atoms with van der Waals surface area (Å²) in [5.74, 6) is 0.614. The highest BCUT2D eigenvalue weighted by molar-refractivity contribution is 5.80. The van der Waals surface area contributed by atoms with Gasteiger partial charge in [0.15, 0.2) is 6.19 Å². The molecule has 0 radical (unpaired) electrons. The average molecular weight is 126 g/mol. The van der Waals surface area contributed by atoms with Crippen molar-refractivity contribution in [2.45, 2.75) is 6.92 Å². The predicted octanol–water partition coefficient (Wildman–Crippen LogP) is -0.566. The molecule has 0 heterocycles. The zero-order chi connectivity index (χ0) is 7.11. The molecule has 0 aromatic heterocycles. The molecule has 0 saturated heterocycles. The molecular formula is C5H10N4. The molecule has 0 rings (SSSR count). The van der Waals surface area contributed by atoms with E-state index in [1.54, 1.807) is 13.1 Å². The third-order valence-corrected chi connectivity index (χ3v) is 0.715. The molecule has 0 aliphatic heterocycles. The van der Waals surface area contributed by atoms with E-state index < -0.39 is 0 Å². The van der Waals surface area contributed by atoms with Gasteiger partial charge in [0.2, 0.25) is 0 Å². The fourth-order valence-electron chi connectivity index (χ4n) is 0.353. The number of aliphatic imine (C=N–C) groups is 1. The first-order valence-corrected chi connectivity index (χ1v) is 2.67. The van der Waals surface area contributed by atoms with Crippen LogP contribution in [0.2, 0.25) is 0 Å². The Balaban J connectivity index is 3.46. The van der Waals surface area contributed by atoms with Crippen LogP contribution in [0.5, 0.6) is 0 Å². The molecule has 4 nitrogen and oxygen atoms in total. The zero-order valence-electron chi connectivity index (χ0n) is 5.39. The Bertz CT molecular complexity index is 132. The number of nitrogens with one attached hydrogen (secondary N) is 1. The van der Waals surface area contributed by atoms with Crippen molar-refractivity contribution in [3.63, 3.8) is 0 Å². The Morgan fingerprint density at radius 1 is 1.89 bits per heavy atom. The van der Waals surface area contributed by atoms with Gasteiger partial charge in [-0.2, -0.15) is 5.26 Å². The summed E-state index contributed by atoms with van der Waals surface area (Å²) in [6, 6.07) is 0. The lowest BCUT2D eigenvalue weighted by Crippen LogP contribution is -2.15. The molecule has 0 aromatic carbocycles. The van der Waals surface area contributed by atoms with E-state index in [2.05, 4.69) is 10.3 Å². The van der Waals surface area contributed by atoms with Gasteiger partial charge in [0.25, 0.3) is 0 Å². The van der Waals surface area contributed by atoms with Gasteiger partial charge in [-0.1, -0.05) is 0 Å². The van der Waals surface area contributed by atoms with Crippen molar-refractivity contribution in [2.75, 3.05) is 13.1 Å². The molecule has 4 heteroatoms. The molecule has 0 bridgehead atoms. The number of nitrogens with zero attached hydrogens (tertiary/aromatic N) is 2. The van der Waals surface area contributed by atoms with Crippen LogP contribution in [0.3, 0.4) is 0 Å². The Morgan fingerprint density at radius 2 is 2.56 bits per heavy atom. The number of rotatable bonds is 2. The molecule has 0 unspecified atom stereocenters. The van der Waals surface area contributed by atoms with Gasteiger partial charge in [0.1, 0.15) is 5.84 Å². The summed E-state index contributed by atoms with van der Waals surface area (Å²) in [6.07, 6.45) is 1.75. The minimum atomic E-state index is 0.518. The minimum Gasteiger partial charge on any atom is -0.329 e. The standard InChI is InChI=1S/C5H10N4/c1-5(9-4-7)8-3-2-6/h2-3,6H2,1H3,(H,8,9). The lowest BCUT2D eigenvalue weighted by atomic mass is 10.6. The smallest absolute Gasteiger partial charge is 0.182 e. The lowest BCUT2D eigenvalue weighted by Gasteiger charge is -1.92. The van der Waals surface area contributed by atoms with Crippen LogP contribution in [0.25, 0.3) is 0 Å². The summed E-state index contributed by atoms with van der Waals surface area (Å²) >= 11 is 0. The molecular weight excluding hydrogens is 116 g/mol. The second-order valence-corrected chi connectivity index (χ2v) is 1.49.